The van der Waals surface area contributed by atoms with Crippen molar-refractivity contribution in [3.8, 4) is 5.75 Å². The first-order valence-corrected chi connectivity index (χ1v) is 6.47. The van der Waals surface area contributed by atoms with Gasteiger partial charge in [0.05, 0.1) is 11.2 Å². The van der Waals surface area contributed by atoms with Crippen LogP contribution in [0.15, 0.2) is 29.1 Å². The van der Waals surface area contributed by atoms with Gasteiger partial charge in [-0.25, -0.2) is 4.98 Å². The monoisotopic (exact) mass is 248 g/mol. The van der Waals surface area contributed by atoms with Gasteiger partial charge in [0.1, 0.15) is 12.4 Å². The second kappa shape index (κ2) is 5.29. The molecular formula is C13H16N2OS. The van der Waals surface area contributed by atoms with Crippen LogP contribution in [0.2, 0.25) is 0 Å². The predicted octanol–water partition coefficient (Wildman–Crippen LogP) is 3.05. The molecule has 4 heteroatoms. The van der Waals surface area contributed by atoms with Crippen molar-refractivity contribution in [2.24, 2.45) is 5.73 Å². The van der Waals surface area contributed by atoms with Crippen LogP contribution >= 0.6 is 11.3 Å². The largest absolute Gasteiger partial charge is 0.487 e. The van der Waals surface area contributed by atoms with Crippen LogP contribution in [0, 0.1) is 6.92 Å². The van der Waals surface area contributed by atoms with Gasteiger partial charge in [-0.3, -0.25) is 0 Å². The number of benzene rings is 1. The normalized spacial score (nSPS) is 12.4. The summed E-state index contributed by atoms with van der Waals surface area (Å²) in [6.07, 6.45) is 0. The van der Waals surface area contributed by atoms with Crippen molar-refractivity contribution in [3.05, 3.63) is 45.9 Å². The second-order valence-electron chi connectivity index (χ2n) is 4.08. The van der Waals surface area contributed by atoms with Crippen LogP contribution in [0.5, 0.6) is 5.75 Å². The SMILES string of the molecule is Cc1cc([C@H](C)N)ccc1OCc1cscn1. The summed E-state index contributed by atoms with van der Waals surface area (Å²) in [7, 11) is 0. The Morgan fingerprint density at radius 3 is 2.88 bits per heavy atom. The lowest BCUT2D eigenvalue weighted by Crippen LogP contribution is -2.05. The minimum absolute atomic E-state index is 0.0568. The summed E-state index contributed by atoms with van der Waals surface area (Å²) in [5.74, 6) is 0.891. The van der Waals surface area contributed by atoms with Gasteiger partial charge >= 0.3 is 0 Å². The minimum atomic E-state index is 0.0568. The molecule has 0 saturated heterocycles. The van der Waals surface area contributed by atoms with E-state index in [4.69, 9.17) is 10.5 Å². The molecule has 0 aliphatic heterocycles. The van der Waals surface area contributed by atoms with Crippen LogP contribution in [0.4, 0.5) is 0 Å². The fourth-order valence-corrected chi connectivity index (χ4v) is 2.12. The molecule has 0 aliphatic carbocycles. The molecule has 3 nitrogen and oxygen atoms in total. The average molecular weight is 248 g/mol. The first-order valence-electron chi connectivity index (χ1n) is 5.53. The smallest absolute Gasteiger partial charge is 0.131 e. The van der Waals surface area contributed by atoms with Gasteiger partial charge < -0.3 is 10.5 Å². The van der Waals surface area contributed by atoms with E-state index >= 15 is 0 Å². The zero-order chi connectivity index (χ0) is 12.3. The number of thiazole rings is 1. The Balaban J connectivity index is 2.06. The van der Waals surface area contributed by atoms with Crippen LogP contribution in [-0.2, 0) is 6.61 Å². The van der Waals surface area contributed by atoms with E-state index in [-0.39, 0.29) is 6.04 Å². The maximum absolute atomic E-state index is 5.83. The fraction of sp³-hybridized carbons (Fsp3) is 0.308. The molecule has 1 heterocycles. The van der Waals surface area contributed by atoms with Gasteiger partial charge in [0.15, 0.2) is 0 Å². The number of aromatic nitrogens is 1. The van der Waals surface area contributed by atoms with E-state index < -0.39 is 0 Å². The van der Waals surface area contributed by atoms with Crippen molar-refractivity contribution in [3.63, 3.8) is 0 Å². The van der Waals surface area contributed by atoms with Gasteiger partial charge in [0.2, 0.25) is 0 Å². The standard InChI is InChI=1S/C13H16N2OS/c1-9-5-11(10(2)14)3-4-13(9)16-6-12-7-17-8-15-12/h3-5,7-8,10H,6,14H2,1-2H3/t10-/m0/s1. The Hall–Kier alpha value is -1.39. The van der Waals surface area contributed by atoms with Gasteiger partial charge in [-0.15, -0.1) is 11.3 Å². The molecule has 0 fully saturated rings. The van der Waals surface area contributed by atoms with Crippen molar-refractivity contribution in [1.29, 1.82) is 0 Å². The summed E-state index contributed by atoms with van der Waals surface area (Å²) in [5.41, 5.74) is 10.8. The lowest BCUT2D eigenvalue weighted by Gasteiger charge is -2.11. The van der Waals surface area contributed by atoms with Gasteiger partial charge in [0.25, 0.3) is 0 Å². The summed E-state index contributed by atoms with van der Waals surface area (Å²) in [6, 6.07) is 6.11. The molecule has 2 aromatic rings. The third kappa shape index (κ3) is 3.05. The second-order valence-corrected chi connectivity index (χ2v) is 4.80. The van der Waals surface area contributed by atoms with Crippen molar-refractivity contribution >= 4 is 11.3 Å². The average Bonchev–Trinajstić information content (AvgIpc) is 2.80. The number of hydrogen-bond acceptors (Lipinski definition) is 4. The molecule has 0 saturated carbocycles. The van der Waals surface area contributed by atoms with E-state index in [0.29, 0.717) is 6.61 Å². The zero-order valence-corrected chi connectivity index (χ0v) is 10.8. The molecule has 0 unspecified atom stereocenters. The third-order valence-corrected chi connectivity index (χ3v) is 3.22. The molecule has 0 spiro atoms. The van der Waals surface area contributed by atoms with Crippen LogP contribution < -0.4 is 10.5 Å². The fourth-order valence-electron chi connectivity index (χ4n) is 1.58. The van der Waals surface area contributed by atoms with E-state index in [1.807, 2.05) is 36.9 Å². The molecule has 2 rings (SSSR count). The summed E-state index contributed by atoms with van der Waals surface area (Å²) in [5, 5.41) is 1.99. The van der Waals surface area contributed by atoms with Crippen LogP contribution in [0.3, 0.4) is 0 Å². The number of hydrogen-bond donors (Lipinski definition) is 1. The number of nitrogens with zero attached hydrogens (tertiary/aromatic N) is 1. The molecule has 0 radical (unpaired) electrons. The molecule has 0 amide bonds. The van der Waals surface area contributed by atoms with Crippen LogP contribution in [-0.4, -0.2) is 4.98 Å². The highest BCUT2D eigenvalue weighted by molar-refractivity contribution is 7.07. The molecule has 1 aromatic heterocycles. The third-order valence-electron chi connectivity index (χ3n) is 2.58. The highest BCUT2D eigenvalue weighted by Gasteiger charge is 2.05. The predicted molar refractivity (Wildman–Crippen MR) is 70.2 cm³/mol. The highest BCUT2D eigenvalue weighted by atomic mass is 32.1. The van der Waals surface area contributed by atoms with Crippen molar-refractivity contribution in [2.45, 2.75) is 26.5 Å². The lowest BCUT2D eigenvalue weighted by atomic mass is 10.1. The Bertz CT molecular complexity index is 480. The molecule has 1 aromatic carbocycles. The Morgan fingerprint density at radius 1 is 1.47 bits per heavy atom. The molecular weight excluding hydrogens is 232 g/mol. The molecule has 90 valence electrons. The van der Waals surface area contributed by atoms with Crippen molar-refractivity contribution < 1.29 is 4.74 Å². The topological polar surface area (TPSA) is 48.1 Å². The van der Waals surface area contributed by atoms with E-state index in [0.717, 1.165) is 22.6 Å². The zero-order valence-electron chi connectivity index (χ0n) is 10.0. The summed E-state index contributed by atoms with van der Waals surface area (Å²) in [6.45, 7) is 4.52. The molecule has 0 aliphatic rings. The molecule has 2 N–H and O–H groups in total. The highest BCUT2D eigenvalue weighted by Crippen LogP contribution is 2.22. The Labute approximate surface area is 105 Å². The number of ether oxygens (including phenoxy) is 1. The number of rotatable bonds is 4. The van der Waals surface area contributed by atoms with E-state index in [9.17, 15) is 0 Å². The van der Waals surface area contributed by atoms with Crippen molar-refractivity contribution in [2.75, 3.05) is 0 Å². The van der Waals surface area contributed by atoms with Gasteiger partial charge in [-0.2, -0.15) is 0 Å². The quantitative estimate of drug-likeness (QED) is 0.904. The van der Waals surface area contributed by atoms with E-state index in [1.54, 1.807) is 11.3 Å². The minimum Gasteiger partial charge on any atom is -0.487 e. The van der Waals surface area contributed by atoms with E-state index in [2.05, 4.69) is 11.1 Å². The molecule has 1 atom stereocenters. The Morgan fingerprint density at radius 2 is 2.29 bits per heavy atom. The van der Waals surface area contributed by atoms with Gasteiger partial charge in [-0.1, -0.05) is 12.1 Å². The van der Waals surface area contributed by atoms with Crippen molar-refractivity contribution in [1.82, 2.24) is 4.98 Å². The first-order chi connectivity index (χ1) is 8.16. The van der Waals surface area contributed by atoms with Crippen LogP contribution in [0.25, 0.3) is 0 Å². The number of nitrogens with two attached hydrogens (primary N) is 1. The Kier molecular flexibility index (Phi) is 3.76. The maximum Gasteiger partial charge on any atom is 0.131 e. The van der Waals surface area contributed by atoms with Crippen LogP contribution in [0.1, 0.15) is 29.8 Å². The molecule has 17 heavy (non-hydrogen) atoms. The van der Waals surface area contributed by atoms with E-state index in [1.165, 1.54) is 0 Å². The lowest BCUT2D eigenvalue weighted by molar-refractivity contribution is 0.300. The summed E-state index contributed by atoms with van der Waals surface area (Å²) < 4.78 is 5.72. The number of aryl methyl sites for hydroxylation is 1. The maximum atomic E-state index is 5.83. The van der Waals surface area contributed by atoms with Gasteiger partial charge in [0, 0.05) is 11.4 Å². The summed E-state index contributed by atoms with van der Waals surface area (Å²) >= 11 is 1.58. The summed E-state index contributed by atoms with van der Waals surface area (Å²) in [4.78, 5) is 4.18. The first kappa shape index (κ1) is 12.1. The van der Waals surface area contributed by atoms with Gasteiger partial charge in [-0.05, 0) is 31.0 Å². The molecule has 0 bridgehead atoms.